The Morgan fingerprint density at radius 3 is 1.12 bits per heavy atom. The fourth-order valence-corrected chi connectivity index (χ4v) is 2.65. The number of nitrogens with one attached hydrogen (secondary N) is 2. The van der Waals surface area contributed by atoms with Crippen LogP contribution in [0.2, 0.25) is 0 Å². The third-order valence-electron chi connectivity index (χ3n) is 4.07. The number of hydrogen-bond donors (Lipinski definition) is 2. The largest absolute Gasteiger partial charge is 0.807 e. The van der Waals surface area contributed by atoms with Crippen LogP contribution in [0.25, 0.3) is 0 Å². The van der Waals surface area contributed by atoms with E-state index >= 15 is 0 Å². The average molecular weight is 360 g/mol. The summed E-state index contributed by atoms with van der Waals surface area (Å²) >= 11 is 0. The van der Waals surface area contributed by atoms with Crippen LogP contribution in [-0.4, -0.2) is 39.3 Å². The fraction of sp³-hybridized carbons (Fsp3) is 0.667. The van der Waals surface area contributed by atoms with Gasteiger partial charge in [-0.1, -0.05) is 30.3 Å². The third-order valence-corrected chi connectivity index (χ3v) is 5.00. The second kappa shape index (κ2) is 15.8. The zero-order valence-corrected chi connectivity index (χ0v) is 17.2. The summed E-state index contributed by atoms with van der Waals surface area (Å²) in [5, 5.41) is -0.157. The van der Waals surface area contributed by atoms with Gasteiger partial charge in [0.25, 0.3) is 0 Å². The molecule has 1 aromatic carbocycles. The lowest BCUT2D eigenvalue weighted by Crippen LogP contribution is -3.11. The van der Waals surface area contributed by atoms with Gasteiger partial charge in [-0.3, -0.25) is 0 Å². The van der Waals surface area contributed by atoms with Gasteiger partial charge in [0.1, 0.15) is 0 Å². The lowest BCUT2D eigenvalue weighted by Gasteiger charge is -2.29. The average Bonchev–Trinajstić information content (AvgIpc) is 2.59. The number of quaternary nitrogens is 2. The summed E-state index contributed by atoms with van der Waals surface area (Å²) in [5.74, 6) is 0. The van der Waals surface area contributed by atoms with Crippen LogP contribution in [0, 0.1) is 0 Å². The molecule has 2 N–H and O–H groups in total. The summed E-state index contributed by atoms with van der Waals surface area (Å²) in [5.41, 5.74) is 0. The molecule has 0 radical (unpaired) electrons. The second-order valence-electron chi connectivity index (χ2n) is 5.45. The Hall–Kier alpha value is -0.710. The van der Waals surface area contributed by atoms with Crippen molar-refractivity contribution >= 4 is 12.9 Å². The summed E-state index contributed by atoms with van der Waals surface area (Å²) in [6.45, 7) is 21.0. The molecule has 0 amide bonds. The number of rotatable bonds is 7. The molecule has 0 aliphatic rings. The van der Waals surface area contributed by atoms with Crippen LogP contribution in [0.3, 0.4) is 0 Å². The normalized spacial score (nSPS) is 10.8. The van der Waals surface area contributed by atoms with Crippen molar-refractivity contribution in [1.82, 2.24) is 0 Å². The standard InChI is InChI=1S/2C6H15N.C6H7O3P/c2*1-4-7(5-2)6-3;7-10(8,9)6-4-2-1-3-5-6/h2*4-6H2,1-3H3;1-5H,(H2,7,8,9). The van der Waals surface area contributed by atoms with Gasteiger partial charge in [-0.15, -0.1) is 0 Å². The smallest absolute Gasteiger partial charge is 0.0742 e. The minimum atomic E-state index is -4.52. The Balaban J connectivity index is 0. The van der Waals surface area contributed by atoms with Gasteiger partial charge in [-0.2, -0.15) is 0 Å². The first-order valence-electron chi connectivity index (χ1n) is 9.05. The van der Waals surface area contributed by atoms with Crippen LogP contribution in [0.5, 0.6) is 0 Å². The van der Waals surface area contributed by atoms with E-state index in [0.29, 0.717) is 0 Å². The van der Waals surface area contributed by atoms with Crippen molar-refractivity contribution in [2.45, 2.75) is 41.5 Å². The van der Waals surface area contributed by atoms with E-state index in [2.05, 4.69) is 41.5 Å². The quantitative estimate of drug-likeness (QED) is 0.619. The van der Waals surface area contributed by atoms with Crippen molar-refractivity contribution in [2.75, 3.05) is 39.3 Å². The van der Waals surface area contributed by atoms with Crippen LogP contribution in [0.15, 0.2) is 30.3 Å². The molecule has 0 spiro atoms. The first kappa shape index (κ1) is 25.5. The van der Waals surface area contributed by atoms with E-state index in [9.17, 15) is 14.4 Å². The highest BCUT2D eigenvalue weighted by atomic mass is 31.2. The van der Waals surface area contributed by atoms with E-state index < -0.39 is 7.60 Å². The van der Waals surface area contributed by atoms with E-state index in [-0.39, 0.29) is 5.30 Å². The molecule has 0 fully saturated rings. The molecule has 0 aliphatic heterocycles. The van der Waals surface area contributed by atoms with Gasteiger partial charge in [-0.25, -0.2) is 0 Å². The van der Waals surface area contributed by atoms with Crippen molar-refractivity contribution in [2.24, 2.45) is 0 Å². The van der Waals surface area contributed by atoms with Crippen LogP contribution < -0.4 is 24.9 Å². The molecule has 0 saturated carbocycles. The Labute approximate surface area is 148 Å². The molecular weight excluding hydrogens is 323 g/mol. The van der Waals surface area contributed by atoms with Crippen LogP contribution in [0.4, 0.5) is 0 Å². The summed E-state index contributed by atoms with van der Waals surface area (Å²) in [6.07, 6.45) is 0. The molecule has 0 aromatic heterocycles. The minimum absolute atomic E-state index is 0.157. The number of benzene rings is 1. The molecule has 0 heterocycles. The molecule has 0 atom stereocenters. The molecule has 142 valence electrons. The van der Waals surface area contributed by atoms with Crippen molar-refractivity contribution in [1.29, 1.82) is 0 Å². The molecule has 0 aliphatic carbocycles. The van der Waals surface area contributed by atoms with E-state index in [1.54, 1.807) is 15.9 Å². The predicted molar refractivity (Wildman–Crippen MR) is 98.9 cm³/mol. The SMILES string of the molecule is CC[NH+](CC)CC.CC[NH+](CC)CC.O=P([O-])([O-])c1ccccc1. The van der Waals surface area contributed by atoms with Gasteiger partial charge in [0, 0.05) is 0 Å². The van der Waals surface area contributed by atoms with Gasteiger partial charge < -0.3 is 24.2 Å². The summed E-state index contributed by atoms with van der Waals surface area (Å²) < 4.78 is 10.3. The molecule has 0 bridgehead atoms. The monoisotopic (exact) mass is 360 g/mol. The van der Waals surface area contributed by atoms with E-state index in [1.807, 2.05) is 0 Å². The molecular formula is C18H37N2O3P. The Kier molecular flexibility index (Phi) is 16.8. The molecule has 1 rings (SSSR count). The lowest BCUT2D eigenvalue weighted by molar-refractivity contribution is -0.894. The van der Waals surface area contributed by atoms with Gasteiger partial charge in [0.15, 0.2) is 0 Å². The minimum Gasteiger partial charge on any atom is -0.807 e. The fourth-order valence-electron chi connectivity index (χ4n) is 2.11. The Morgan fingerprint density at radius 1 is 0.708 bits per heavy atom. The molecule has 1 aromatic rings. The summed E-state index contributed by atoms with van der Waals surface area (Å²) in [6, 6.07) is 7.23. The lowest BCUT2D eigenvalue weighted by atomic mass is 10.4. The zero-order chi connectivity index (χ0) is 19.0. The topological polar surface area (TPSA) is 72.1 Å². The van der Waals surface area contributed by atoms with Gasteiger partial charge in [0.05, 0.1) is 39.3 Å². The summed E-state index contributed by atoms with van der Waals surface area (Å²) in [4.78, 5) is 24.0. The Bertz CT molecular complexity index is 393. The van der Waals surface area contributed by atoms with Crippen molar-refractivity contribution in [3.63, 3.8) is 0 Å². The van der Waals surface area contributed by atoms with Crippen molar-refractivity contribution in [3.05, 3.63) is 30.3 Å². The maximum absolute atomic E-state index is 10.3. The Morgan fingerprint density at radius 2 is 1.00 bits per heavy atom. The van der Waals surface area contributed by atoms with Gasteiger partial charge in [0.2, 0.25) is 0 Å². The summed E-state index contributed by atoms with van der Waals surface area (Å²) in [7, 11) is -4.52. The highest BCUT2D eigenvalue weighted by Gasteiger charge is 1.94. The maximum Gasteiger partial charge on any atom is 0.0742 e. The predicted octanol–water partition coefficient (Wildman–Crippen LogP) is -0.912. The van der Waals surface area contributed by atoms with Crippen LogP contribution in [-0.2, 0) is 4.57 Å². The molecule has 0 unspecified atom stereocenters. The van der Waals surface area contributed by atoms with E-state index in [1.165, 1.54) is 63.5 Å². The van der Waals surface area contributed by atoms with Crippen LogP contribution in [0.1, 0.15) is 41.5 Å². The van der Waals surface area contributed by atoms with Gasteiger partial charge in [-0.05, 0) is 54.4 Å². The van der Waals surface area contributed by atoms with Gasteiger partial charge >= 0.3 is 0 Å². The second-order valence-corrected chi connectivity index (χ2v) is 6.97. The first-order chi connectivity index (χ1) is 11.3. The third kappa shape index (κ3) is 13.7. The number of hydrogen-bond acceptors (Lipinski definition) is 3. The molecule has 6 heteroatoms. The van der Waals surface area contributed by atoms with E-state index in [0.717, 1.165) is 0 Å². The zero-order valence-electron chi connectivity index (χ0n) is 16.3. The molecule has 0 saturated heterocycles. The molecule has 5 nitrogen and oxygen atoms in total. The maximum atomic E-state index is 10.3. The van der Waals surface area contributed by atoms with Crippen LogP contribution >= 0.6 is 7.60 Å². The highest BCUT2D eigenvalue weighted by Crippen LogP contribution is 2.20. The van der Waals surface area contributed by atoms with Crippen molar-refractivity contribution in [3.8, 4) is 0 Å². The highest BCUT2D eigenvalue weighted by molar-refractivity contribution is 7.57. The van der Waals surface area contributed by atoms with E-state index in [4.69, 9.17) is 0 Å². The van der Waals surface area contributed by atoms with Crippen molar-refractivity contribution < 1.29 is 24.2 Å². The first-order valence-corrected chi connectivity index (χ1v) is 10.6. The molecule has 24 heavy (non-hydrogen) atoms.